The Balaban J connectivity index is 1.91. The molecule has 5 heteroatoms. The second-order valence-corrected chi connectivity index (χ2v) is 6.68. The zero-order chi connectivity index (χ0) is 15.3. The Hall–Kier alpha value is -1.52. The summed E-state index contributed by atoms with van der Waals surface area (Å²) in [5.41, 5.74) is 1.19. The molecule has 0 aliphatic carbocycles. The van der Waals surface area contributed by atoms with Crippen molar-refractivity contribution in [1.29, 1.82) is 0 Å². The minimum Gasteiger partial charge on any atom is -0.357 e. The number of hydrogen-bond donors (Lipinski definition) is 2. The van der Waals surface area contributed by atoms with E-state index in [9.17, 15) is 0 Å². The highest BCUT2D eigenvalue weighted by Crippen LogP contribution is 2.14. The van der Waals surface area contributed by atoms with Crippen LogP contribution in [-0.4, -0.2) is 34.1 Å². The maximum atomic E-state index is 4.72. The summed E-state index contributed by atoms with van der Waals surface area (Å²) in [6.45, 7) is 11.3. The van der Waals surface area contributed by atoms with Crippen molar-refractivity contribution in [1.82, 2.24) is 20.2 Å². The molecule has 0 saturated carbocycles. The fourth-order valence-corrected chi connectivity index (χ4v) is 2.54. The molecule has 5 nitrogen and oxygen atoms in total. The van der Waals surface area contributed by atoms with E-state index in [1.165, 1.54) is 24.4 Å². The number of hydrogen-bond acceptors (Lipinski definition) is 2. The summed E-state index contributed by atoms with van der Waals surface area (Å²) in [6, 6.07) is 0. The average molecular weight is 291 g/mol. The number of aliphatic imine (C=N–C) groups is 1. The summed E-state index contributed by atoms with van der Waals surface area (Å²) < 4.78 is 2.31. The molecule has 0 unspecified atom stereocenters. The summed E-state index contributed by atoms with van der Waals surface area (Å²) in [4.78, 5) is 9.37. The summed E-state index contributed by atoms with van der Waals surface area (Å²) in [7, 11) is 0. The zero-order valence-corrected chi connectivity index (χ0v) is 13.9. The fraction of sp³-hybridized carbons (Fsp3) is 0.750. The zero-order valence-electron chi connectivity index (χ0n) is 13.9. The third kappa shape index (κ3) is 5.06. The van der Waals surface area contributed by atoms with Gasteiger partial charge in [-0.3, -0.25) is 4.99 Å². The minimum atomic E-state index is 0.0223. The average Bonchev–Trinajstić information content (AvgIpc) is 2.79. The van der Waals surface area contributed by atoms with Gasteiger partial charge < -0.3 is 15.2 Å². The molecule has 1 aliphatic heterocycles. The molecule has 0 amide bonds. The van der Waals surface area contributed by atoms with Crippen LogP contribution in [0.3, 0.4) is 0 Å². The highest BCUT2D eigenvalue weighted by atomic mass is 15.2. The van der Waals surface area contributed by atoms with E-state index >= 15 is 0 Å². The van der Waals surface area contributed by atoms with E-state index < -0.39 is 0 Å². The lowest BCUT2D eigenvalue weighted by atomic mass is 10.1. The van der Waals surface area contributed by atoms with Crippen LogP contribution in [0.15, 0.2) is 11.2 Å². The Morgan fingerprint density at radius 2 is 2.19 bits per heavy atom. The fourth-order valence-electron chi connectivity index (χ4n) is 2.54. The number of fused-ring (bicyclic) bond motifs is 1. The van der Waals surface area contributed by atoms with Crippen molar-refractivity contribution in [2.24, 2.45) is 4.99 Å². The molecule has 118 valence electrons. The third-order valence-electron chi connectivity index (χ3n) is 3.43. The first-order valence-electron chi connectivity index (χ1n) is 8.09. The van der Waals surface area contributed by atoms with Crippen LogP contribution in [0.2, 0.25) is 0 Å². The van der Waals surface area contributed by atoms with Crippen LogP contribution in [0.25, 0.3) is 0 Å². The highest BCUT2D eigenvalue weighted by molar-refractivity contribution is 5.80. The van der Waals surface area contributed by atoms with Gasteiger partial charge in [0.25, 0.3) is 0 Å². The van der Waals surface area contributed by atoms with Crippen LogP contribution < -0.4 is 10.6 Å². The summed E-state index contributed by atoms with van der Waals surface area (Å²) in [6.07, 6.45) is 6.78. The summed E-state index contributed by atoms with van der Waals surface area (Å²) in [5, 5.41) is 6.69. The van der Waals surface area contributed by atoms with Gasteiger partial charge in [-0.25, -0.2) is 4.98 Å². The van der Waals surface area contributed by atoms with Crippen molar-refractivity contribution in [2.75, 3.05) is 13.1 Å². The molecular formula is C16H29N5. The van der Waals surface area contributed by atoms with Gasteiger partial charge in [0, 0.05) is 44.2 Å². The maximum Gasteiger partial charge on any atom is 0.191 e. The first-order chi connectivity index (χ1) is 9.98. The van der Waals surface area contributed by atoms with Crippen molar-refractivity contribution in [3.8, 4) is 0 Å². The molecule has 2 rings (SSSR count). The first-order valence-corrected chi connectivity index (χ1v) is 8.09. The van der Waals surface area contributed by atoms with Gasteiger partial charge in [0.15, 0.2) is 5.96 Å². The molecule has 21 heavy (non-hydrogen) atoms. The topological polar surface area (TPSA) is 54.2 Å². The van der Waals surface area contributed by atoms with E-state index in [1.807, 2.05) is 0 Å². The normalized spacial score (nSPS) is 15.7. The lowest BCUT2D eigenvalue weighted by Gasteiger charge is -2.23. The van der Waals surface area contributed by atoms with Crippen LogP contribution >= 0.6 is 0 Å². The van der Waals surface area contributed by atoms with E-state index in [2.05, 4.69) is 54.1 Å². The Morgan fingerprint density at radius 3 is 2.86 bits per heavy atom. The molecular weight excluding hydrogens is 262 g/mol. The number of imidazole rings is 1. The Labute approximate surface area is 128 Å². The molecule has 0 fully saturated rings. The maximum absolute atomic E-state index is 4.72. The molecule has 2 N–H and O–H groups in total. The number of nitrogens with one attached hydrogen (secondary N) is 2. The molecule has 0 saturated heterocycles. The molecule has 0 radical (unpaired) electrons. The summed E-state index contributed by atoms with van der Waals surface area (Å²) >= 11 is 0. The van der Waals surface area contributed by atoms with Gasteiger partial charge in [-0.15, -0.1) is 0 Å². The SMILES string of the molecule is CCNC(=NCCc1cn2c(n1)CCCC2)NC(C)(C)C. The van der Waals surface area contributed by atoms with E-state index in [1.54, 1.807) is 0 Å². The first kappa shape index (κ1) is 15.9. The third-order valence-corrected chi connectivity index (χ3v) is 3.43. The van der Waals surface area contributed by atoms with Crippen molar-refractivity contribution >= 4 is 5.96 Å². The van der Waals surface area contributed by atoms with Crippen molar-refractivity contribution < 1.29 is 0 Å². The van der Waals surface area contributed by atoms with Gasteiger partial charge in [0.2, 0.25) is 0 Å². The van der Waals surface area contributed by atoms with Crippen molar-refractivity contribution in [3.05, 3.63) is 17.7 Å². The number of nitrogens with zero attached hydrogens (tertiary/aromatic N) is 3. The summed E-state index contributed by atoms with van der Waals surface area (Å²) in [5.74, 6) is 2.13. The van der Waals surface area contributed by atoms with Gasteiger partial charge in [0.1, 0.15) is 5.82 Å². The molecule has 2 heterocycles. The second kappa shape index (κ2) is 6.96. The van der Waals surface area contributed by atoms with E-state index in [0.29, 0.717) is 0 Å². The monoisotopic (exact) mass is 291 g/mol. The number of aromatic nitrogens is 2. The number of aryl methyl sites for hydroxylation is 2. The van der Waals surface area contributed by atoms with Crippen LogP contribution in [0.4, 0.5) is 0 Å². The molecule has 0 aromatic carbocycles. The molecule has 0 bridgehead atoms. The van der Waals surface area contributed by atoms with Crippen molar-refractivity contribution in [2.45, 2.75) is 65.5 Å². The number of rotatable bonds is 4. The standard InChI is InChI=1S/C16H29N5/c1-5-17-15(20-16(2,3)4)18-10-9-13-12-21-11-7-6-8-14(21)19-13/h12H,5-11H2,1-4H3,(H2,17,18,20). The quantitative estimate of drug-likeness (QED) is 0.660. The molecule has 1 aliphatic rings. The predicted molar refractivity (Wildman–Crippen MR) is 87.7 cm³/mol. The second-order valence-electron chi connectivity index (χ2n) is 6.68. The van der Waals surface area contributed by atoms with E-state index in [4.69, 9.17) is 4.98 Å². The minimum absolute atomic E-state index is 0.0223. The highest BCUT2D eigenvalue weighted by Gasteiger charge is 2.13. The van der Waals surface area contributed by atoms with Crippen LogP contribution in [-0.2, 0) is 19.4 Å². The van der Waals surface area contributed by atoms with Gasteiger partial charge in [-0.1, -0.05) is 0 Å². The Bertz CT molecular complexity index is 458. The Kier molecular flexibility index (Phi) is 5.26. The van der Waals surface area contributed by atoms with Crippen LogP contribution in [0.1, 0.15) is 52.1 Å². The molecule has 1 aromatic heterocycles. The van der Waals surface area contributed by atoms with Gasteiger partial charge >= 0.3 is 0 Å². The van der Waals surface area contributed by atoms with Gasteiger partial charge in [-0.2, -0.15) is 0 Å². The molecule has 0 atom stereocenters. The number of guanidine groups is 1. The Morgan fingerprint density at radius 1 is 1.38 bits per heavy atom. The predicted octanol–water partition coefficient (Wildman–Crippen LogP) is 2.12. The largest absolute Gasteiger partial charge is 0.357 e. The van der Waals surface area contributed by atoms with Gasteiger partial charge in [0.05, 0.1) is 5.69 Å². The van der Waals surface area contributed by atoms with Crippen LogP contribution in [0.5, 0.6) is 0 Å². The van der Waals surface area contributed by atoms with Gasteiger partial charge in [-0.05, 0) is 40.5 Å². The lowest BCUT2D eigenvalue weighted by molar-refractivity contribution is 0.501. The molecule has 1 aromatic rings. The van der Waals surface area contributed by atoms with E-state index in [0.717, 1.165) is 38.4 Å². The van der Waals surface area contributed by atoms with Crippen LogP contribution in [0, 0.1) is 0 Å². The van der Waals surface area contributed by atoms with E-state index in [-0.39, 0.29) is 5.54 Å². The lowest BCUT2D eigenvalue weighted by Crippen LogP contribution is -2.47. The molecule has 0 spiro atoms. The smallest absolute Gasteiger partial charge is 0.191 e. The van der Waals surface area contributed by atoms with Crippen molar-refractivity contribution in [3.63, 3.8) is 0 Å².